The SMILES string of the molecule is CCNCC1CCCCN1CCSC(F)(F)F. The lowest BCUT2D eigenvalue weighted by Crippen LogP contribution is -2.46. The van der Waals surface area contributed by atoms with Crippen molar-refractivity contribution >= 4 is 11.8 Å². The van der Waals surface area contributed by atoms with Gasteiger partial charge in [-0.1, -0.05) is 13.3 Å². The number of rotatable bonds is 6. The van der Waals surface area contributed by atoms with Gasteiger partial charge in [-0.2, -0.15) is 13.2 Å². The molecule has 0 aromatic rings. The Balaban J connectivity index is 2.27. The van der Waals surface area contributed by atoms with E-state index in [1.807, 2.05) is 6.92 Å². The van der Waals surface area contributed by atoms with Crippen LogP contribution in [-0.4, -0.2) is 48.4 Å². The first-order valence-corrected chi connectivity index (χ1v) is 7.17. The van der Waals surface area contributed by atoms with E-state index in [9.17, 15) is 13.2 Å². The Morgan fingerprint density at radius 3 is 2.76 bits per heavy atom. The van der Waals surface area contributed by atoms with E-state index >= 15 is 0 Å². The Bertz CT molecular complexity index is 211. The molecule has 1 N–H and O–H groups in total. The van der Waals surface area contributed by atoms with Crippen LogP contribution in [0.5, 0.6) is 0 Å². The van der Waals surface area contributed by atoms with Crippen LogP contribution >= 0.6 is 11.8 Å². The molecule has 0 aliphatic carbocycles. The van der Waals surface area contributed by atoms with Gasteiger partial charge in [0.1, 0.15) is 0 Å². The monoisotopic (exact) mass is 270 g/mol. The highest BCUT2D eigenvalue weighted by molar-refractivity contribution is 8.00. The summed E-state index contributed by atoms with van der Waals surface area (Å²) in [6.07, 6.45) is 3.40. The summed E-state index contributed by atoms with van der Waals surface area (Å²) in [6.45, 7) is 5.34. The molecule has 17 heavy (non-hydrogen) atoms. The third kappa shape index (κ3) is 6.52. The van der Waals surface area contributed by atoms with Crippen molar-refractivity contribution in [3.05, 3.63) is 0 Å². The van der Waals surface area contributed by atoms with Gasteiger partial charge < -0.3 is 5.32 Å². The number of alkyl halides is 3. The fourth-order valence-electron chi connectivity index (χ4n) is 2.18. The summed E-state index contributed by atoms with van der Waals surface area (Å²) in [4.78, 5) is 2.20. The molecule has 1 saturated heterocycles. The van der Waals surface area contributed by atoms with Crippen LogP contribution in [0.1, 0.15) is 26.2 Å². The predicted octanol–water partition coefficient (Wildman–Crippen LogP) is 2.70. The smallest absolute Gasteiger partial charge is 0.315 e. The van der Waals surface area contributed by atoms with Crippen molar-refractivity contribution in [3.63, 3.8) is 0 Å². The zero-order valence-corrected chi connectivity index (χ0v) is 11.0. The molecule has 1 heterocycles. The first-order valence-electron chi connectivity index (χ1n) is 6.18. The minimum atomic E-state index is -4.09. The fourth-order valence-corrected chi connectivity index (χ4v) is 2.73. The van der Waals surface area contributed by atoms with Gasteiger partial charge in [0.25, 0.3) is 0 Å². The normalized spacial score (nSPS) is 22.9. The Hall–Kier alpha value is 0.0600. The molecule has 102 valence electrons. The summed E-state index contributed by atoms with van der Waals surface area (Å²) < 4.78 is 36.1. The number of thioether (sulfide) groups is 1. The molecule has 1 fully saturated rings. The van der Waals surface area contributed by atoms with Crippen molar-refractivity contribution in [1.82, 2.24) is 10.2 Å². The lowest BCUT2D eigenvalue weighted by atomic mass is 10.0. The van der Waals surface area contributed by atoms with E-state index in [0.29, 0.717) is 12.6 Å². The highest BCUT2D eigenvalue weighted by Crippen LogP contribution is 2.30. The molecule has 1 aliphatic heterocycles. The van der Waals surface area contributed by atoms with Crippen LogP contribution in [-0.2, 0) is 0 Å². The fraction of sp³-hybridized carbons (Fsp3) is 1.00. The van der Waals surface area contributed by atoms with E-state index in [4.69, 9.17) is 0 Å². The Morgan fingerprint density at radius 2 is 2.12 bits per heavy atom. The second kappa shape index (κ2) is 7.48. The van der Waals surface area contributed by atoms with E-state index < -0.39 is 5.51 Å². The Labute approximate surface area is 105 Å². The average molecular weight is 270 g/mol. The molecule has 1 rings (SSSR count). The maximum atomic E-state index is 12.0. The van der Waals surface area contributed by atoms with Crippen molar-refractivity contribution in [2.75, 3.05) is 31.9 Å². The van der Waals surface area contributed by atoms with Gasteiger partial charge in [-0.05, 0) is 37.7 Å². The molecule has 1 unspecified atom stereocenters. The number of hydrogen-bond acceptors (Lipinski definition) is 3. The zero-order valence-electron chi connectivity index (χ0n) is 10.2. The minimum absolute atomic E-state index is 0.0910. The standard InChI is InChI=1S/C11H21F3N2S/c1-2-15-9-10-5-3-4-6-16(10)7-8-17-11(12,13)14/h10,15H,2-9H2,1H3. The maximum Gasteiger partial charge on any atom is 0.441 e. The van der Waals surface area contributed by atoms with Crippen molar-refractivity contribution in [3.8, 4) is 0 Å². The van der Waals surface area contributed by atoms with E-state index in [2.05, 4.69) is 10.2 Å². The van der Waals surface area contributed by atoms with E-state index in [1.165, 1.54) is 6.42 Å². The molecule has 6 heteroatoms. The van der Waals surface area contributed by atoms with Crippen molar-refractivity contribution in [2.24, 2.45) is 0 Å². The second-order valence-corrected chi connectivity index (χ2v) is 5.45. The van der Waals surface area contributed by atoms with Gasteiger partial charge in [0.05, 0.1) is 0 Å². The van der Waals surface area contributed by atoms with Crippen LogP contribution < -0.4 is 5.32 Å². The van der Waals surface area contributed by atoms with E-state index in [-0.39, 0.29) is 17.5 Å². The average Bonchev–Trinajstić information content (AvgIpc) is 2.26. The van der Waals surface area contributed by atoms with Crippen molar-refractivity contribution < 1.29 is 13.2 Å². The second-order valence-electron chi connectivity index (χ2n) is 4.29. The summed E-state index contributed by atoms with van der Waals surface area (Å²) in [7, 11) is 0. The van der Waals surface area contributed by atoms with Crippen molar-refractivity contribution in [1.29, 1.82) is 0 Å². The predicted molar refractivity (Wildman–Crippen MR) is 66.3 cm³/mol. The highest BCUT2D eigenvalue weighted by atomic mass is 32.2. The lowest BCUT2D eigenvalue weighted by Gasteiger charge is -2.35. The molecule has 1 atom stereocenters. The first kappa shape index (κ1) is 15.1. The van der Waals surface area contributed by atoms with Gasteiger partial charge in [-0.15, -0.1) is 0 Å². The maximum absolute atomic E-state index is 12.0. The number of likely N-dealkylation sites (N-methyl/N-ethyl adjacent to an activating group) is 1. The van der Waals surface area contributed by atoms with Gasteiger partial charge in [0.2, 0.25) is 0 Å². The molecule has 0 saturated carbocycles. The summed E-state index contributed by atoms with van der Waals surface area (Å²) in [5.41, 5.74) is -4.09. The Kier molecular flexibility index (Phi) is 6.66. The highest BCUT2D eigenvalue weighted by Gasteiger charge is 2.29. The van der Waals surface area contributed by atoms with Crippen molar-refractivity contribution in [2.45, 2.75) is 37.7 Å². The Morgan fingerprint density at radius 1 is 1.35 bits per heavy atom. The quantitative estimate of drug-likeness (QED) is 0.799. The zero-order chi connectivity index (χ0) is 12.7. The largest absolute Gasteiger partial charge is 0.441 e. The van der Waals surface area contributed by atoms with Crippen LogP contribution in [0.3, 0.4) is 0 Å². The van der Waals surface area contributed by atoms with Gasteiger partial charge in [0, 0.05) is 24.9 Å². The summed E-state index contributed by atoms with van der Waals surface area (Å²) in [5, 5.41) is 3.28. The third-order valence-corrected chi connectivity index (χ3v) is 3.74. The third-order valence-electron chi connectivity index (χ3n) is 3.02. The minimum Gasteiger partial charge on any atom is -0.315 e. The molecule has 0 aromatic carbocycles. The number of piperidine rings is 1. The molecular weight excluding hydrogens is 249 g/mol. The van der Waals surface area contributed by atoms with Gasteiger partial charge in [-0.3, -0.25) is 4.90 Å². The van der Waals surface area contributed by atoms with Gasteiger partial charge in [0.15, 0.2) is 0 Å². The number of likely N-dealkylation sites (tertiary alicyclic amines) is 1. The molecule has 0 radical (unpaired) electrons. The summed E-state index contributed by atoms with van der Waals surface area (Å²) in [5.74, 6) is 0.145. The van der Waals surface area contributed by atoms with Gasteiger partial charge in [-0.25, -0.2) is 0 Å². The van der Waals surface area contributed by atoms with E-state index in [0.717, 1.165) is 32.5 Å². The summed E-state index contributed by atoms with van der Waals surface area (Å²) >= 11 is 0.0910. The molecule has 0 aromatic heterocycles. The van der Waals surface area contributed by atoms with Crippen LogP contribution in [0, 0.1) is 0 Å². The molecule has 1 aliphatic rings. The lowest BCUT2D eigenvalue weighted by molar-refractivity contribution is -0.0329. The number of halogens is 3. The van der Waals surface area contributed by atoms with Crippen LogP contribution in [0.2, 0.25) is 0 Å². The number of nitrogens with one attached hydrogen (secondary N) is 1. The van der Waals surface area contributed by atoms with Crippen LogP contribution in [0.4, 0.5) is 13.2 Å². The molecule has 0 bridgehead atoms. The van der Waals surface area contributed by atoms with E-state index in [1.54, 1.807) is 0 Å². The van der Waals surface area contributed by atoms with Crippen LogP contribution in [0.25, 0.3) is 0 Å². The molecular formula is C11H21F3N2S. The number of hydrogen-bond donors (Lipinski definition) is 1. The topological polar surface area (TPSA) is 15.3 Å². The molecule has 2 nitrogen and oxygen atoms in total. The van der Waals surface area contributed by atoms with Gasteiger partial charge >= 0.3 is 5.51 Å². The summed E-state index contributed by atoms with van der Waals surface area (Å²) in [6, 6.07) is 0.414. The van der Waals surface area contributed by atoms with Crippen LogP contribution in [0.15, 0.2) is 0 Å². The molecule has 0 amide bonds. The number of nitrogens with zero attached hydrogens (tertiary/aromatic N) is 1. The molecule has 0 spiro atoms. The first-order chi connectivity index (χ1) is 8.03.